The lowest BCUT2D eigenvalue weighted by Crippen LogP contribution is -2.45. The minimum Gasteiger partial charge on any atom is -0.399 e. The molecule has 7 heteroatoms. The molecular weight excluding hydrogens is 286 g/mol. The van der Waals surface area contributed by atoms with Crippen molar-refractivity contribution in [1.82, 2.24) is 19.8 Å². The Kier molecular flexibility index (Phi) is 4.23. The summed E-state index contributed by atoms with van der Waals surface area (Å²) >= 11 is 0. The van der Waals surface area contributed by atoms with E-state index in [-0.39, 0.29) is 0 Å². The van der Waals surface area contributed by atoms with Crippen LogP contribution in [0.25, 0.3) is 11.0 Å². The molecular formula is C14H21N5OS. The average molecular weight is 307 g/mol. The molecule has 114 valence electrons. The molecule has 6 nitrogen and oxygen atoms in total. The normalized spacial score (nSPS) is 19.1. The number of nitrogens with zero attached hydrogens (tertiary/aromatic N) is 3. The van der Waals surface area contributed by atoms with E-state index in [0.29, 0.717) is 16.6 Å². The van der Waals surface area contributed by atoms with E-state index < -0.39 is 10.8 Å². The van der Waals surface area contributed by atoms with Gasteiger partial charge in [0.05, 0.1) is 21.8 Å². The Morgan fingerprint density at radius 3 is 2.86 bits per heavy atom. The highest BCUT2D eigenvalue weighted by atomic mass is 32.2. The number of imidazole rings is 1. The molecule has 0 amide bonds. The Hall–Kier alpha value is -1.44. The van der Waals surface area contributed by atoms with Crippen molar-refractivity contribution in [2.75, 3.05) is 51.3 Å². The van der Waals surface area contributed by atoms with Gasteiger partial charge in [0.2, 0.25) is 0 Å². The number of nitrogen functional groups attached to an aromatic ring is 1. The van der Waals surface area contributed by atoms with Crippen LogP contribution in [0.1, 0.15) is 0 Å². The first-order chi connectivity index (χ1) is 10.1. The Morgan fingerprint density at radius 1 is 1.33 bits per heavy atom. The molecule has 1 saturated heterocycles. The number of piperazine rings is 1. The van der Waals surface area contributed by atoms with Gasteiger partial charge in [0.15, 0.2) is 5.16 Å². The molecule has 21 heavy (non-hydrogen) atoms. The molecule has 0 saturated carbocycles. The van der Waals surface area contributed by atoms with Crippen LogP contribution < -0.4 is 5.73 Å². The van der Waals surface area contributed by atoms with E-state index >= 15 is 0 Å². The molecule has 0 radical (unpaired) electrons. The molecule has 1 aliphatic heterocycles. The maximum atomic E-state index is 12.4. The molecule has 2 aromatic rings. The minimum atomic E-state index is -1.10. The Morgan fingerprint density at radius 2 is 2.10 bits per heavy atom. The molecule has 2 heterocycles. The average Bonchev–Trinajstić information content (AvgIpc) is 2.89. The first-order valence-corrected chi connectivity index (χ1v) is 8.48. The van der Waals surface area contributed by atoms with Gasteiger partial charge in [0.25, 0.3) is 0 Å². The smallest absolute Gasteiger partial charge is 0.197 e. The van der Waals surface area contributed by atoms with Crippen molar-refractivity contribution in [2.45, 2.75) is 5.16 Å². The zero-order valence-corrected chi connectivity index (χ0v) is 13.0. The van der Waals surface area contributed by atoms with Crippen molar-refractivity contribution in [3.63, 3.8) is 0 Å². The lowest BCUT2D eigenvalue weighted by atomic mass is 10.3. The summed E-state index contributed by atoms with van der Waals surface area (Å²) in [5, 5.41) is 0.546. The fourth-order valence-electron chi connectivity index (χ4n) is 2.49. The lowest BCUT2D eigenvalue weighted by molar-refractivity contribution is 0.161. The predicted octanol–water partition coefficient (Wildman–Crippen LogP) is 0.500. The molecule has 1 aromatic heterocycles. The lowest BCUT2D eigenvalue weighted by Gasteiger charge is -2.32. The number of aromatic amines is 1. The molecule has 0 bridgehead atoms. The number of anilines is 1. The number of nitrogens with two attached hydrogens (primary N) is 1. The maximum Gasteiger partial charge on any atom is 0.197 e. The molecule has 1 aromatic carbocycles. The fourth-order valence-corrected chi connectivity index (χ4v) is 3.53. The zero-order valence-electron chi connectivity index (χ0n) is 12.2. The maximum absolute atomic E-state index is 12.4. The van der Waals surface area contributed by atoms with Gasteiger partial charge in [-0.2, -0.15) is 0 Å². The first-order valence-electron chi connectivity index (χ1n) is 7.16. The highest BCUT2D eigenvalue weighted by Gasteiger charge is 2.16. The van der Waals surface area contributed by atoms with E-state index in [0.717, 1.165) is 43.8 Å². The zero-order chi connectivity index (χ0) is 14.8. The van der Waals surface area contributed by atoms with Crippen LogP contribution in [0.3, 0.4) is 0 Å². The quantitative estimate of drug-likeness (QED) is 0.804. The molecule has 1 unspecified atom stereocenters. The molecule has 0 spiro atoms. The minimum absolute atomic E-state index is 0.546. The van der Waals surface area contributed by atoms with Crippen LogP contribution in [0.2, 0.25) is 0 Å². The summed E-state index contributed by atoms with van der Waals surface area (Å²) in [4.78, 5) is 12.2. The van der Waals surface area contributed by atoms with Crippen LogP contribution in [-0.2, 0) is 10.8 Å². The highest BCUT2D eigenvalue weighted by molar-refractivity contribution is 7.84. The van der Waals surface area contributed by atoms with Crippen LogP contribution in [0.5, 0.6) is 0 Å². The van der Waals surface area contributed by atoms with Gasteiger partial charge in [-0.05, 0) is 25.2 Å². The van der Waals surface area contributed by atoms with Crippen molar-refractivity contribution in [2.24, 2.45) is 0 Å². The number of H-pyrrole nitrogens is 1. The molecule has 3 N–H and O–H groups in total. The van der Waals surface area contributed by atoms with Crippen LogP contribution in [0.15, 0.2) is 23.4 Å². The van der Waals surface area contributed by atoms with Gasteiger partial charge in [-0.3, -0.25) is 9.11 Å². The SMILES string of the molecule is CN1CCN(CCS(=O)c2nc3ccc(N)cc3[nH]2)CC1. The number of nitrogens with one attached hydrogen (secondary N) is 1. The molecule has 3 rings (SSSR count). The molecule has 0 aliphatic carbocycles. The second-order valence-corrected chi connectivity index (χ2v) is 7.00. The van der Waals surface area contributed by atoms with Crippen LogP contribution in [-0.4, -0.2) is 69.5 Å². The Labute approximate surface area is 126 Å². The van der Waals surface area contributed by atoms with E-state index in [9.17, 15) is 4.21 Å². The Bertz CT molecular complexity index is 648. The molecule has 1 atom stereocenters. The summed E-state index contributed by atoms with van der Waals surface area (Å²) in [6.45, 7) is 5.10. The van der Waals surface area contributed by atoms with E-state index in [1.807, 2.05) is 12.1 Å². The Balaban J connectivity index is 1.61. The van der Waals surface area contributed by atoms with E-state index in [4.69, 9.17) is 5.73 Å². The largest absolute Gasteiger partial charge is 0.399 e. The van der Waals surface area contributed by atoms with Gasteiger partial charge in [-0.25, -0.2) is 4.98 Å². The number of hydrogen-bond donors (Lipinski definition) is 2. The first kappa shape index (κ1) is 14.5. The van der Waals surface area contributed by atoms with E-state index in [1.54, 1.807) is 6.07 Å². The highest BCUT2D eigenvalue weighted by Crippen LogP contribution is 2.16. The number of hydrogen-bond acceptors (Lipinski definition) is 5. The van der Waals surface area contributed by atoms with Gasteiger partial charge >= 0.3 is 0 Å². The monoisotopic (exact) mass is 307 g/mol. The number of aromatic nitrogens is 2. The molecule has 1 fully saturated rings. The second-order valence-electron chi connectivity index (χ2n) is 5.51. The van der Waals surface area contributed by atoms with Crippen molar-refractivity contribution in [3.8, 4) is 0 Å². The summed E-state index contributed by atoms with van der Waals surface area (Å²) in [5.74, 6) is 0.610. The summed E-state index contributed by atoms with van der Waals surface area (Å²) in [7, 11) is 1.04. The van der Waals surface area contributed by atoms with Gasteiger partial charge in [-0.15, -0.1) is 0 Å². The predicted molar refractivity (Wildman–Crippen MR) is 85.7 cm³/mol. The third-order valence-electron chi connectivity index (χ3n) is 3.89. The van der Waals surface area contributed by atoms with Gasteiger partial charge in [0, 0.05) is 44.2 Å². The van der Waals surface area contributed by atoms with Gasteiger partial charge < -0.3 is 15.6 Å². The van der Waals surface area contributed by atoms with Crippen molar-refractivity contribution < 1.29 is 4.21 Å². The summed E-state index contributed by atoms with van der Waals surface area (Å²) in [6.07, 6.45) is 0. The van der Waals surface area contributed by atoms with Gasteiger partial charge in [-0.1, -0.05) is 0 Å². The van der Waals surface area contributed by atoms with Crippen molar-refractivity contribution >= 4 is 27.5 Å². The number of fused-ring (bicyclic) bond motifs is 1. The summed E-state index contributed by atoms with van der Waals surface area (Å²) in [6, 6.07) is 5.48. The van der Waals surface area contributed by atoms with Crippen molar-refractivity contribution in [1.29, 1.82) is 0 Å². The van der Waals surface area contributed by atoms with Crippen molar-refractivity contribution in [3.05, 3.63) is 18.2 Å². The number of likely N-dealkylation sites (N-methyl/N-ethyl adjacent to an activating group) is 1. The van der Waals surface area contributed by atoms with Crippen LogP contribution >= 0.6 is 0 Å². The standard InChI is InChI=1S/C14H21N5OS/c1-18-4-6-19(7-5-18)8-9-21(20)14-16-12-3-2-11(15)10-13(12)17-14/h2-3,10H,4-9,15H2,1H3,(H,16,17). The number of benzene rings is 1. The summed E-state index contributed by atoms with van der Waals surface area (Å²) in [5.41, 5.74) is 8.08. The summed E-state index contributed by atoms with van der Waals surface area (Å²) < 4.78 is 12.4. The van der Waals surface area contributed by atoms with E-state index in [1.165, 1.54) is 0 Å². The molecule has 1 aliphatic rings. The van der Waals surface area contributed by atoms with E-state index in [2.05, 4.69) is 26.8 Å². The number of rotatable bonds is 4. The topological polar surface area (TPSA) is 78.2 Å². The third-order valence-corrected chi connectivity index (χ3v) is 5.07. The second kappa shape index (κ2) is 6.13. The fraction of sp³-hybridized carbons (Fsp3) is 0.500. The van der Waals surface area contributed by atoms with Crippen LogP contribution in [0.4, 0.5) is 5.69 Å². The third kappa shape index (κ3) is 3.42. The van der Waals surface area contributed by atoms with Crippen LogP contribution in [0, 0.1) is 0 Å². The van der Waals surface area contributed by atoms with Gasteiger partial charge in [0.1, 0.15) is 0 Å².